The van der Waals surface area contributed by atoms with Crippen molar-refractivity contribution in [3.8, 4) is 22.6 Å². The SMILES string of the molecule is CCOC(=O)c1c(NC(=O)/C=C/c2ccc(OCc3ccc(Cl)cc3)c(OC)c2)sc(C)c1-c1ccc([N+](=O)[O-])cc1. The molecular weight excluding hydrogens is 580 g/mol. The number of amides is 1. The lowest BCUT2D eigenvalue weighted by atomic mass is 10.0. The number of ether oxygens (including phenoxy) is 3. The molecule has 1 amide bonds. The smallest absolute Gasteiger partial charge is 0.341 e. The molecule has 0 bridgehead atoms. The van der Waals surface area contributed by atoms with Gasteiger partial charge in [0, 0.05) is 33.7 Å². The normalized spacial score (nSPS) is 10.9. The van der Waals surface area contributed by atoms with Crippen LogP contribution in [0.15, 0.2) is 72.8 Å². The van der Waals surface area contributed by atoms with E-state index in [1.807, 2.05) is 12.1 Å². The summed E-state index contributed by atoms with van der Waals surface area (Å²) in [5.41, 5.74) is 2.91. The van der Waals surface area contributed by atoms with Gasteiger partial charge in [0.25, 0.3) is 5.69 Å². The van der Waals surface area contributed by atoms with E-state index in [1.165, 1.54) is 36.7 Å². The molecule has 0 unspecified atom stereocenters. The number of hydrogen-bond acceptors (Lipinski definition) is 8. The number of methoxy groups -OCH3 is 1. The Morgan fingerprint density at radius 2 is 1.76 bits per heavy atom. The number of thiophene rings is 1. The molecule has 4 rings (SSSR count). The number of non-ortho nitro benzene ring substituents is 1. The third-order valence-electron chi connectivity index (χ3n) is 6.09. The predicted molar refractivity (Wildman–Crippen MR) is 164 cm³/mol. The molecule has 0 saturated carbocycles. The van der Waals surface area contributed by atoms with Gasteiger partial charge in [0.05, 0.1) is 18.6 Å². The maximum absolute atomic E-state index is 12.9. The Hall–Kier alpha value is -4.67. The third-order valence-corrected chi connectivity index (χ3v) is 7.36. The van der Waals surface area contributed by atoms with Crippen LogP contribution in [0.2, 0.25) is 5.02 Å². The minimum absolute atomic E-state index is 0.0687. The van der Waals surface area contributed by atoms with Gasteiger partial charge >= 0.3 is 5.97 Å². The summed E-state index contributed by atoms with van der Waals surface area (Å²) in [6.45, 7) is 3.96. The topological polar surface area (TPSA) is 117 Å². The van der Waals surface area contributed by atoms with E-state index >= 15 is 0 Å². The van der Waals surface area contributed by atoms with Gasteiger partial charge in [-0.15, -0.1) is 11.3 Å². The van der Waals surface area contributed by atoms with Crippen LogP contribution in [0, 0.1) is 17.0 Å². The molecule has 0 radical (unpaired) electrons. The average Bonchev–Trinajstić information content (AvgIpc) is 3.31. The van der Waals surface area contributed by atoms with Gasteiger partial charge in [0.1, 0.15) is 17.2 Å². The number of carbonyl (C=O) groups is 2. The monoisotopic (exact) mass is 606 g/mol. The van der Waals surface area contributed by atoms with Crippen LogP contribution in [0.5, 0.6) is 11.5 Å². The maximum Gasteiger partial charge on any atom is 0.341 e. The van der Waals surface area contributed by atoms with Crippen LogP contribution in [0.4, 0.5) is 10.7 Å². The van der Waals surface area contributed by atoms with Crippen LogP contribution in [-0.4, -0.2) is 30.5 Å². The summed E-state index contributed by atoms with van der Waals surface area (Å²) in [7, 11) is 1.53. The van der Waals surface area contributed by atoms with Gasteiger partial charge in [-0.25, -0.2) is 4.79 Å². The molecule has 0 aliphatic carbocycles. The van der Waals surface area contributed by atoms with E-state index in [2.05, 4.69) is 5.32 Å². The van der Waals surface area contributed by atoms with Gasteiger partial charge in [-0.1, -0.05) is 29.8 Å². The number of hydrogen-bond donors (Lipinski definition) is 1. The number of rotatable bonds is 11. The van der Waals surface area contributed by atoms with Crippen molar-refractivity contribution in [2.45, 2.75) is 20.5 Å². The zero-order valence-corrected chi connectivity index (χ0v) is 24.6. The lowest BCUT2D eigenvalue weighted by molar-refractivity contribution is -0.384. The Balaban J connectivity index is 1.52. The Labute approximate surface area is 251 Å². The molecule has 0 aliphatic rings. The summed E-state index contributed by atoms with van der Waals surface area (Å²) in [6.07, 6.45) is 2.96. The Bertz CT molecular complexity index is 1630. The number of aryl methyl sites for hydroxylation is 1. The highest BCUT2D eigenvalue weighted by Crippen LogP contribution is 2.41. The van der Waals surface area contributed by atoms with Crippen molar-refractivity contribution in [1.82, 2.24) is 0 Å². The van der Waals surface area contributed by atoms with E-state index in [9.17, 15) is 19.7 Å². The summed E-state index contributed by atoms with van der Waals surface area (Å²) >= 11 is 7.16. The fourth-order valence-corrected chi connectivity index (χ4v) is 5.30. The minimum atomic E-state index is -0.603. The summed E-state index contributed by atoms with van der Waals surface area (Å²) in [5, 5.41) is 14.8. The second-order valence-corrected chi connectivity index (χ2v) is 10.6. The lowest BCUT2D eigenvalue weighted by Crippen LogP contribution is -2.12. The average molecular weight is 607 g/mol. The number of nitrogens with one attached hydrogen (secondary N) is 1. The number of halogens is 1. The van der Waals surface area contributed by atoms with Gasteiger partial charge in [0.2, 0.25) is 5.91 Å². The van der Waals surface area contributed by atoms with Crippen molar-refractivity contribution in [2.24, 2.45) is 0 Å². The molecule has 3 aromatic carbocycles. The summed E-state index contributed by atoms with van der Waals surface area (Å²) < 4.78 is 16.6. The fourth-order valence-electron chi connectivity index (χ4n) is 4.10. The first kappa shape index (κ1) is 30.3. The number of nitrogens with zero attached hydrogens (tertiary/aromatic N) is 1. The van der Waals surface area contributed by atoms with E-state index in [-0.39, 0.29) is 17.9 Å². The molecule has 11 heteroatoms. The van der Waals surface area contributed by atoms with E-state index in [4.69, 9.17) is 25.8 Å². The van der Waals surface area contributed by atoms with Gasteiger partial charge < -0.3 is 19.5 Å². The van der Waals surface area contributed by atoms with Crippen LogP contribution < -0.4 is 14.8 Å². The zero-order chi connectivity index (χ0) is 30.2. The minimum Gasteiger partial charge on any atom is -0.493 e. The van der Waals surface area contributed by atoms with E-state index in [0.717, 1.165) is 10.4 Å². The number of benzene rings is 3. The predicted octanol–water partition coefficient (Wildman–Crippen LogP) is 7.70. The lowest BCUT2D eigenvalue weighted by Gasteiger charge is -2.11. The summed E-state index contributed by atoms with van der Waals surface area (Å²) in [4.78, 5) is 37.2. The van der Waals surface area contributed by atoms with E-state index in [0.29, 0.717) is 44.8 Å². The van der Waals surface area contributed by atoms with Gasteiger partial charge in [-0.3, -0.25) is 14.9 Å². The van der Waals surface area contributed by atoms with Crippen LogP contribution in [0.25, 0.3) is 17.2 Å². The Morgan fingerprint density at radius 1 is 1.05 bits per heavy atom. The number of nitro groups is 1. The van der Waals surface area contributed by atoms with Crippen LogP contribution in [0.3, 0.4) is 0 Å². The van der Waals surface area contributed by atoms with Gasteiger partial charge in [0.15, 0.2) is 11.5 Å². The molecular formula is C31H27ClN2O7S. The Kier molecular flexibility index (Phi) is 9.95. The second-order valence-electron chi connectivity index (χ2n) is 8.91. The van der Waals surface area contributed by atoms with Crippen molar-refractivity contribution in [3.05, 3.63) is 110 Å². The molecule has 42 heavy (non-hydrogen) atoms. The fraction of sp³-hybridized carbons (Fsp3) is 0.161. The maximum atomic E-state index is 12.9. The van der Waals surface area contributed by atoms with Crippen molar-refractivity contribution < 1.29 is 28.7 Å². The third kappa shape index (κ3) is 7.34. The molecule has 0 spiro atoms. The van der Waals surface area contributed by atoms with Crippen LogP contribution >= 0.6 is 22.9 Å². The van der Waals surface area contributed by atoms with Crippen molar-refractivity contribution >= 4 is 51.6 Å². The van der Waals surface area contributed by atoms with Crippen molar-refractivity contribution in [3.63, 3.8) is 0 Å². The molecule has 0 atom stereocenters. The van der Waals surface area contributed by atoms with Gasteiger partial charge in [-0.05, 0) is 73.0 Å². The summed E-state index contributed by atoms with van der Waals surface area (Å²) in [6, 6.07) is 18.5. The molecule has 1 heterocycles. The highest BCUT2D eigenvalue weighted by atomic mass is 35.5. The number of nitro benzene ring substituents is 1. The first-order valence-electron chi connectivity index (χ1n) is 12.8. The first-order valence-corrected chi connectivity index (χ1v) is 14.0. The van der Waals surface area contributed by atoms with Crippen molar-refractivity contribution in [2.75, 3.05) is 19.0 Å². The molecule has 216 valence electrons. The largest absolute Gasteiger partial charge is 0.493 e. The molecule has 4 aromatic rings. The number of carbonyl (C=O) groups excluding carboxylic acids is 2. The quantitative estimate of drug-likeness (QED) is 0.0804. The molecule has 1 aromatic heterocycles. The van der Waals surface area contributed by atoms with E-state index < -0.39 is 16.8 Å². The van der Waals surface area contributed by atoms with Gasteiger partial charge in [-0.2, -0.15) is 0 Å². The summed E-state index contributed by atoms with van der Waals surface area (Å²) in [5.74, 6) is -0.0220. The first-order chi connectivity index (χ1) is 20.2. The molecule has 0 saturated heterocycles. The van der Waals surface area contributed by atoms with E-state index in [1.54, 1.807) is 62.4 Å². The number of esters is 1. The molecule has 0 fully saturated rings. The molecule has 1 N–H and O–H groups in total. The standard InChI is InChI=1S/C31H27ClN2O7S/c1-4-40-31(36)29-28(22-9-13-24(14-10-22)34(37)38)19(2)42-30(29)33-27(35)16-8-20-7-15-25(26(17-20)39-3)41-18-21-5-11-23(32)12-6-21/h5-17H,4,18H2,1-3H3,(H,33,35)/b16-8+. The highest BCUT2D eigenvalue weighted by Gasteiger charge is 2.25. The second kappa shape index (κ2) is 13.8. The van der Waals surface area contributed by atoms with Crippen molar-refractivity contribution in [1.29, 1.82) is 0 Å². The molecule has 9 nitrogen and oxygen atoms in total. The van der Waals surface area contributed by atoms with Crippen LogP contribution in [-0.2, 0) is 16.1 Å². The number of anilines is 1. The Morgan fingerprint density at radius 3 is 2.40 bits per heavy atom. The van der Waals surface area contributed by atoms with Crippen LogP contribution in [0.1, 0.15) is 33.3 Å². The molecule has 0 aliphatic heterocycles. The highest BCUT2D eigenvalue weighted by molar-refractivity contribution is 7.17. The zero-order valence-electron chi connectivity index (χ0n) is 23.0.